The summed E-state index contributed by atoms with van der Waals surface area (Å²) < 4.78 is 5.44. The molecular weight excluding hydrogens is 1300 g/mol. The number of likely N-dealkylation sites (tertiary alicyclic amines) is 1. The number of carbonyl (C=O) groups is 12. The number of unbranched alkanes of at least 4 members (excludes halogenated alkanes) is 3. The smallest absolute Gasteiger partial charge is 0.407 e. The molecule has 28 heteroatoms. The minimum atomic E-state index is -1.83. The van der Waals surface area contributed by atoms with Gasteiger partial charge in [0.15, 0.2) is 35.1 Å². The molecule has 12 atom stereocenters. The van der Waals surface area contributed by atoms with Crippen molar-refractivity contribution in [3.63, 3.8) is 0 Å². The van der Waals surface area contributed by atoms with Gasteiger partial charge in [0.25, 0.3) is 0 Å². The predicted octanol–water partition coefficient (Wildman–Crippen LogP) is 4.00. The number of aliphatic imine (C=N–C) groups is 2. The number of nitrogens with zero attached hydrogens (tertiary/aromatic N) is 3. The van der Waals surface area contributed by atoms with Gasteiger partial charge in [0.05, 0.1) is 29.8 Å². The standard InChI is InChI=1S/C72H103N13O14S/c1-43(14-12-31-79-67(75)76)64(94)84-53(18-13-32-80-68(77)78)55(87)36-47(63(74)93)42-100-58-38-61(92)85(66(58)96)33-11-5-8-19-60(91)83-54(34-44-15-6-4-7-16-44)56(88)35-46(17-9-10-30-73)65(95)82-49-23-20-45(21-24-49)41-99-69(97)81-40-59(90)72(98)29-27-52-51-25-22-48-37-50(86)26-28-70(48,2)62(51)57(89)39-71(52,72)3/h4,6-7,15-16,20-21,23-24,37,43,46-47,51-54,58,62,98H,5,8-14,17-19,22,25-36,38-42,73H2,1-3H3,(H2,74,93)(H,81,97)(H,82,95)(H,83,91)(H,84,94)(H4,75,76,79)(H4,77,78,80)/t43-,46-,47-,51+,52+,53-,54+,58?,62-,70+,71+,72+/m1/s1. The molecule has 7 rings (SSSR count). The lowest BCUT2D eigenvalue weighted by atomic mass is 9.46. The second-order valence-corrected chi connectivity index (χ2v) is 29.4. The van der Waals surface area contributed by atoms with E-state index >= 15 is 0 Å². The molecule has 0 aromatic heterocycles. The highest BCUT2D eigenvalue weighted by Gasteiger charge is 2.68. The molecule has 4 aliphatic carbocycles. The van der Waals surface area contributed by atoms with E-state index < -0.39 is 105 Å². The Balaban J connectivity index is 0.851. The molecule has 3 saturated carbocycles. The number of alkyl carbamates (subject to hydrolysis) is 1. The van der Waals surface area contributed by atoms with Crippen LogP contribution in [0, 0.1) is 46.3 Å². The van der Waals surface area contributed by atoms with Crippen molar-refractivity contribution in [2.24, 2.45) is 90.7 Å². The zero-order chi connectivity index (χ0) is 72.9. The van der Waals surface area contributed by atoms with E-state index in [1.54, 1.807) is 37.3 Å². The number of ketones is 5. The maximum absolute atomic E-state index is 14.3. The van der Waals surface area contributed by atoms with Gasteiger partial charge < -0.3 is 65.5 Å². The first-order chi connectivity index (χ1) is 47.6. The SMILES string of the molecule is C[C@H](CCCN=C(N)N)C(=O)N[C@H](CCCN=C(N)N)C(=O)C[C@H](CSC1CC(=O)N(CCCCCC(=O)N[C@@H](Cc2ccccc2)C(=O)C[C@@H](CCCCN)C(=O)Nc2ccc(COC(=O)NCC(=O)[C@@]3(O)CC[C@H]4[C@@H]5CCC6=CC(=O)CC[C@]6(C)[C@H]5C(=O)C[C@@]43C)cc2)C1=O)C(N)=O. The van der Waals surface area contributed by atoms with Gasteiger partial charge >= 0.3 is 6.09 Å². The lowest BCUT2D eigenvalue weighted by Gasteiger charge is -2.57. The number of guanidine groups is 2. The second kappa shape index (κ2) is 36.8. The lowest BCUT2D eigenvalue weighted by Crippen LogP contribution is -2.61. The van der Waals surface area contributed by atoms with Crippen LogP contribution in [0.15, 0.2) is 76.2 Å². The third-order valence-electron chi connectivity index (χ3n) is 21.1. The minimum Gasteiger partial charge on any atom is -0.445 e. The molecular formula is C72H103N13O14S. The Bertz CT molecular complexity index is 3400. The molecule has 1 saturated heterocycles. The molecule has 100 heavy (non-hydrogen) atoms. The summed E-state index contributed by atoms with van der Waals surface area (Å²) in [6.45, 7) is 5.90. The van der Waals surface area contributed by atoms with Crippen LogP contribution < -0.4 is 55.7 Å². The summed E-state index contributed by atoms with van der Waals surface area (Å²) >= 11 is 1.05. The van der Waals surface area contributed by atoms with Crippen LogP contribution in [0.2, 0.25) is 0 Å². The van der Waals surface area contributed by atoms with E-state index in [-0.39, 0.29) is 130 Å². The normalized spacial score (nSPS) is 23.8. The average Bonchev–Trinajstić information content (AvgIpc) is 1.47. The number of Topliss-reactive ketones (excluding diaryl/α,β-unsaturated/α-hetero) is 4. The molecule has 27 nitrogen and oxygen atoms in total. The van der Waals surface area contributed by atoms with Crippen LogP contribution in [-0.2, 0) is 70.5 Å². The first-order valence-electron chi connectivity index (χ1n) is 35.1. The number of hydrogen-bond acceptors (Lipinski definition) is 18. The summed E-state index contributed by atoms with van der Waals surface area (Å²) in [5.41, 5.74) is 32.8. The zero-order valence-electron chi connectivity index (χ0n) is 57.9. The van der Waals surface area contributed by atoms with Crippen LogP contribution in [0.5, 0.6) is 0 Å². The van der Waals surface area contributed by atoms with E-state index in [1.165, 1.54) is 0 Å². The predicted molar refractivity (Wildman–Crippen MR) is 378 cm³/mol. The van der Waals surface area contributed by atoms with Gasteiger partial charge in [-0.25, -0.2) is 4.79 Å². The fourth-order valence-electron chi connectivity index (χ4n) is 15.4. The monoisotopic (exact) mass is 1410 g/mol. The third kappa shape index (κ3) is 21.1. The lowest BCUT2D eigenvalue weighted by molar-refractivity contribution is -0.168. The van der Waals surface area contributed by atoms with Crippen molar-refractivity contribution in [2.75, 3.05) is 43.8 Å². The fraction of sp³-hybridized carbons (Fsp3) is 0.611. The Morgan fingerprint density at radius 1 is 0.740 bits per heavy atom. The largest absolute Gasteiger partial charge is 0.445 e. The molecule has 1 heterocycles. The van der Waals surface area contributed by atoms with Crippen molar-refractivity contribution in [2.45, 2.75) is 192 Å². The number of thioether (sulfide) groups is 1. The van der Waals surface area contributed by atoms with Crippen LogP contribution in [0.1, 0.15) is 167 Å². The van der Waals surface area contributed by atoms with E-state index in [0.29, 0.717) is 114 Å². The summed E-state index contributed by atoms with van der Waals surface area (Å²) in [6, 6.07) is 13.7. The molecule has 4 fully saturated rings. The van der Waals surface area contributed by atoms with Gasteiger partial charge in [0, 0.05) is 92.8 Å². The number of amides is 7. The first-order valence-corrected chi connectivity index (χ1v) is 36.2. The molecule has 2 aromatic rings. The van der Waals surface area contributed by atoms with Crippen molar-refractivity contribution >= 4 is 99.8 Å². The number of rotatable bonds is 40. The number of primary amides is 1. The number of nitrogens with two attached hydrogens (primary N) is 6. The van der Waals surface area contributed by atoms with Crippen LogP contribution in [-0.4, -0.2) is 154 Å². The minimum absolute atomic E-state index is 0.00865. The molecule has 1 unspecified atom stereocenters. The molecule has 5 aliphatic rings. The quantitative estimate of drug-likeness (QED) is 0.0194. The zero-order valence-corrected chi connectivity index (χ0v) is 58.8. The average molecular weight is 1410 g/mol. The molecule has 0 spiro atoms. The maximum atomic E-state index is 14.3. The number of benzene rings is 2. The van der Waals surface area contributed by atoms with Crippen LogP contribution in [0.25, 0.3) is 0 Å². The number of fused-ring (bicyclic) bond motifs is 5. The van der Waals surface area contributed by atoms with Gasteiger partial charge in [0.2, 0.25) is 35.4 Å². The highest BCUT2D eigenvalue weighted by atomic mass is 32.2. The summed E-state index contributed by atoms with van der Waals surface area (Å²) in [5.74, 6) is -7.08. The highest BCUT2D eigenvalue weighted by Crippen LogP contribution is 2.66. The molecule has 17 N–H and O–H groups in total. The van der Waals surface area contributed by atoms with E-state index in [2.05, 4.69) is 38.2 Å². The third-order valence-corrected chi connectivity index (χ3v) is 22.5. The number of aliphatic hydroxyl groups is 1. The highest BCUT2D eigenvalue weighted by molar-refractivity contribution is 8.00. The Morgan fingerprint density at radius 3 is 2.10 bits per heavy atom. The number of hydrogen-bond donors (Lipinski definition) is 11. The Labute approximate surface area is 588 Å². The van der Waals surface area contributed by atoms with Crippen molar-refractivity contribution in [1.29, 1.82) is 0 Å². The fourth-order valence-corrected chi connectivity index (χ4v) is 16.6. The number of nitrogens with one attached hydrogen (secondary N) is 4. The van der Waals surface area contributed by atoms with E-state index in [9.17, 15) is 62.6 Å². The summed E-state index contributed by atoms with van der Waals surface area (Å²) in [5, 5.41) is 22.4. The van der Waals surface area contributed by atoms with Crippen LogP contribution >= 0.6 is 11.8 Å². The molecule has 1 aliphatic heterocycles. The van der Waals surface area contributed by atoms with Crippen LogP contribution in [0.4, 0.5) is 10.5 Å². The van der Waals surface area contributed by atoms with Crippen LogP contribution in [0.3, 0.4) is 0 Å². The van der Waals surface area contributed by atoms with Gasteiger partial charge in [-0.1, -0.05) is 81.7 Å². The number of ether oxygens (including phenoxy) is 1. The van der Waals surface area contributed by atoms with Gasteiger partial charge in [-0.3, -0.25) is 67.6 Å². The van der Waals surface area contributed by atoms with Gasteiger partial charge in [0.1, 0.15) is 18.0 Å². The van der Waals surface area contributed by atoms with Gasteiger partial charge in [-0.05, 0) is 143 Å². The molecule has 0 bridgehead atoms. The number of imide groups is 1. The van der Waals surface area contributed by atoms with Gasteiger partial charge in [-0.2, -0.15) is 0 Å². The summed E-state index contributed by atoms with van der Waals surface area (Å²) in [7, 11) is 0. The molecule has 0 radical (unpaired) electrons. The molecule has 7 amide bonds. The summed E-state index contributed by atoms with van der Waals surface area (Å²) in [4.78, 5) is 171. The van der Waals surface area contributed by atoms with Crippen molar-refractivity contribution < 1.29 is 67.4 Å². The van der Waals surface area contributed by atoms with E-state index in [4.69, 9.17) is 39.1 Å². The number of carbonyl (C=O) groups excluding carboxylic acids is 12. The maximum Gasteiger partial charge on any atom is 0.407 e. The molecule has 2 aromatic carbocycles. The van der Waals surface area contributed by atoms with E-state index in [1.807, 2.05) is 37.3 Å². The Hall–Kier alpha value is -8.37. The van der Waals surface area contributed by atoms with Crippen molar-refractivity contribution in [3.05, 3.63) is 77.4 Å². The number of allylic oxidation sites excluding steroid dienone is 1. The van der Waals surface area contributed by atoms with Crippen molar-refractivity contribution in [1.82, 2.24) is 20.9 Å². The Kier molecular flexibility index (Phi) is 29.1. The van der Waals surface area contributed by atoms with Gasteiger partial charge in [-0.15, -0.1) is 11.8 Å². The molecule has 546 valence electrons. The second-order valence-electron chi connectivity index (χ2n) is 28.2. The first kappa shape index (κ1) is 79.0. The van der Waals surface area contributed by atoms with E-state index in [0.717, 1.165) is 27.8 Å². The Morgan fingerprint density at radius 2 is 1.42 bits per heavy atom. The summed E-state index contributed by atoms with van der Waals surface area (Å²) in [6.07, 6.45) is 7.68. The van der Waals surface area contributed by atoms with Crippen molar-refractivity contribution in [3.8, 4) is 0 Å². The number of anilines is 1. The topological polar surface area (TPSA) is 466 Å².